The van der Waals surface area contributed by atoms with E-state index in [-0.39, 0.29) is 12.0 Å². The first-order valence-corrected chi connectivity index (χ1v) is 9.16. The molecule has 0 radical (unpaired) electrons. The number of amides is 1. The zero-order valence-corrected chi connectivity index (χ0v) is 15.2. The molecule has 1 aromatic rings. The Labute approximate surface area is 150 Å². The average molecular weight is 344 g/mol. The van der Waals surface area contributed by atoms with Gasteiger partial charge in [-0.1, -0.05) is 19.9 Å². The van der Waals surface area contributed by atoms with Gasteiger partial charge in [-0.15, -0.1) is 0 Å². The predicted molar refractivity (Wildman–Crippen MR) is 98.7 cm³/mol. The van der Waals surface area contributed by atoms with Gasteiger partial charge in [-0.3, -0.25) is 9.69 Å². The van der Waals surface area contributed by atoms with E-state index in [1.54, 1.807) is 6.08 Å². The highest BCUT2D eigenvalue weighted by molar-refractivity contribution is 5.91. The van der Waals surface area contributed by atoms with Gasteiger partial charge in [0, 0.05) is 38.7 Å². The molecule has 1 aromatic carbocycles. The van der Waals surface area contributed by atoms with Crippen molar-refractivity contribution < 1.29 is 14.3 Å². The number of carbonyl (C=O) groups is 1. The summed E-state index contributed by atoms with van der Waals surface area (Å²) in [5.41, 5.74) is 2.24. The van der Waals surface area contributed by atoms with E-state index in [1.807, 2.05) is 18.2 Å². The maximum absolute atomic E-state index is 12.1. The molecule has 1 amide bonds. The Balaban J connectivity index is 1.44. The first-order valence-electron chi connectivity index (χ1n) is 9.16. The molecule has 1 unspecified atom stereocenters. The van der Waals surface area contributed by atoms with Gasteiger partial charge in [-0.05, 0) is 35.3 Å². The molecule has 5 heteroatoms. The second-order valence-corrected chi connectivity index (χ2v) is 7.19. The number of nitrogens with zero attached hydrogens (tertiary/aromatic N) is 1. The van der Waals surface area contributed by atoms with Crippen LogP contribution in [0.2, 0.25) is 0 Å². The summed E-state index contributed by atoms with van der Waals surface area (Å²) in [6.07, 6.45) is 4.45. The molecule has 1 saturated heterocycles. The van der Waals surface area contributed by atoms with E-state index in [1.165, 1.54) is 5.56 Å². The number of fused-ring (bicyclic) bond motifs is 1. The summed E-state index contributed by atoms with van der Waals surface area (Å²) in [6.45, 7) is 9.42. The minimum absolute atomic E-state index is 0.0713. The number of nitrogens with one attached hydrogen (secondary N) is 1. The molecule has 25 heavy (non-hydrogen) atoms. The Kier molecular flexibility index (Phi) is 6.10. The molecule has 2 aliphatic rings. The van der Waals surface area contributed by atoms with Crippen molar-refractivity contribution in [3.8, 4) is 5.75 Å². The van der Waals surface area contributed by atoms with E-state index in [4.69, 9.17) is 9.47 Å². The molecule has 0 aromatic heterocycles. The predicted octanol–water partition coefficient (Wildman–Crippen LogP) is 2.11. The molecule has 5 nitrogen and oxygen atoms in total. The number of benzene rings is 1. The monoisotopic (exact) mass is 344 g/mol. The lowest BCUT2D eigenvalue weighted by molar-refractivity contribution is -0.117. The van der Waals surface area contributed by atoms with E-state index in [9.17, 15) is 4.79 Å². The summed E-state index contributed by atoms with van der Waals surface area (Å²) in [7, 11) is 0. The minimum Gasteiger partial charge on any atom is -0.493 e. The van der Waals surface area contributed by atoms with Crippen LogP contribution in [0.15, 0.2) is 24.3 Å². The van der Waals surface area contributed by atoms with E-state index in [2.05, 4.69) is 30.1 Å². The van der Waals surface area contributed by atoms with E-state index < -0.39 is 0 Å². The highest BCUT2D eigenvalue weighted by Gasteiger charge is 2.21. The SMILES string of the molecule is CC(C)CN1CCOC(CNC(=O)/C=C/c2ccc3c(c2)CCO3)C1. The van der Waals surface area contributed by atoms with Crippen LogP contribution in [0.25, 0.3) is 6.08 Å². The molecular formula is C20H28N2O3. The third-order valence-corrected chi connectivity index (χ3v) is 4.49. The summed E-state index contributed by atoms with van der Waals surface area (Å²) in [4.78, 5) is 14.5. The first kappa shape index (κ1) is 18.0. The Morgan fingerprint density at radius 2 is 2.28 bits per heavy atom. The summed E-state index contributed by atoms with van der Waals surface area (Å²) >= 11 is 0. The Bertz CT molecular complexity index is 627. The molecule has 136 valence electrons. The van der Waals surface area contributed by atoms with Gasteiger partial charge in [0.1, 0.15) is 5.75 Å². The quantitative estimate of drug-likeness (QED) is 0.803. The number of rotatable bonds is 6. The van der Waals surface area contributed by atoms with Crippen molar-refractivity contribution in [1.82, 2.24) is 10.2 Å². The van der Waals surface area contributed by atoms with Crippen molar-refractivity contribution in [3.05, 3.63) is 35.4 Å². The van der Waals surface area contributed by atoms with Gasteiger partial charge < -0.3 is 14.8 Å². The Hall–Kier alpha value is -1.85. The summed E-state index contributed by atoms with van der Waals surface area (Å²) < 4.78 is 11.3. The van der Waals surface area contributed by atoms with E-state index in [0.29, 0.717) is 12.5 Å². The van der Waals surface area contributed by atoms with Crippen LogP contribution in [0.4, 0.5) is 0 Å². The highest BCUT2D eigenvalue weighted by atomic mass is 16.5. The second kappa shape index (κ2) is 8.50. The van der Waals surface area contributed by atoms with Crippen molar-refractivity contribution in [1.29, 1.82) is 0 Å². The number of hydrogen-bond donors (Lipinski definition) is 1. The normalized spacial score (nSPS) is 20.7. The molecule has 1 atom stereocenters. The third-order valence-electron chi connectivity index (χ3n) is 4.49. The van der Waals surface area contributed by atoms with Crippen LogP contribution in [-0.2, 0) is 16.0 Å². The fourth-order valence-electron chi connectivity index (χ4n) is 3.34. The number of morpholine rings is 1. The summed E-state index contributed by atoms with van der Waals surface area (Å²) in [5.74, 6) is 1.53. The Morgan fingerprint density at radius 3 is 3.12 bits per heavy atom. The molecule has 1 N–H and O–H groups in total. The number of hydrogen-bond acceptors (Lipinski definition) is 4. The topological polar surface area (TPSA) is 50.8 Å². The highest BCUT2D eigenvalue weighted by Crippen LogP contribution is 2.26. The first-order chi connectivity index (χ1) is 12.1. The van der Waals surface area contributed by atoms with Crippen LogP contribution in [0.3, 0.4) is 0 Å². The van der Waals surface area contributed by atoms with Gasteiger partial charge in [0.05, 0.1) is 19.3 Å². The molecule has 0 saturated carbocycles. The number of carbonyl (C=O) groups excluding carboxylic acids is 1. The molecule has 3 rings (SSSR count). The van der Waals surface area contributed by atoms with Crippen molar-refractivity contribution in [3.63, 3.8) is 0 Å². The van der Waals surface area contributed by atoms with Gasteiger partial charge in [0.15, 0.2) is 0 Å². The average Bonchev–Trinajstić information content (AvgIpc) is 3.05. The van der Waals surface area contributed by atoms with Gasteiger partial charge in [0.2, 0.25) is 5.91 Å². The standard InChI is InChI=1S/C20H28N2O3/c1-15(2)13-22-8-10-24-18(14-22)12-21-20(23)6-4-16-3-5-19-17(11-16)7-9-25-19/h3-6,11,15,18H,7-10,12-14H2,1-2H3,(H,21,23)/b6-4+. The van der Waals surface area contributed by atoms with Crippen molar-refractivity contribution in [2.24, 2.45) is 5.92 Å². The fraction of sp³-hybridized carbons (Fsp3) is 0.550. The largest absolute Gasteiger partial charge is 0.493 e. The Morgan fingerprint density at radius 1 is 1.40 bits per heavy atom. The molecule has 0 bridgehead atoms. The van der Waals surface area contributed by atoms with Gasteiger partial charge in [0.25, 0.3) is 0 Å². The van der Waals surface area contributed by atoms with Crippen molar-refractivity contribution in [2.75, 3.05) is 39.4 Å². The zero-order chi connectivity index (χ0) is 17.6. The molecular weight excluding hydrogens is 316 g/mol. The van der Waals surface area contributed by atoms with E-state index >= 15 is 0 Å². The van der Waals surface area contributed by atoms with Gasteiger partial charge >= 0.3 is 0 Å². The summed E-state index contributed by atoms with van der Waals surface area (Å²) in [5, 5.41) is 2.95. The lowest BCUT2D eigenvalue weighted by Crippen LogP contribution is -2.48. The molecule has 0 aliphatic carbocycles. The van der Waals surface area contributed by atoms with Crippen molar-refractivity contribution >= 4 is 12.0 Å². The van der Waals surface area contributed by atoms with Crippen LogP contribution in [-0.4, -0.2) is 56.3 Å². The lowest BCUT2D eigenvalue weighted by Gasteiger charge is -2.33. The second-order valence-electron chi connectivity index (χ2n) is 7.19. The smallest absolute Gasteiger partial charge is 0.244 e. The molecule has 2 heterocycles. The maximum Gasteiger partial charge on any atom is 0.244 e. The minimum atomic E-state index is -0.0821. The summed E-state index contributed by atoms with van der Waals surface area (Å²) in [6, 6.07) is 6.03. The van der Waals surface area contributed by atoms with Crippen LogP contribution in [0.1, 0.15) is 25.0 Å². The van der Waals surface area contributed by atoms with Gasteiger partial charge in [-0.2, -0.15) is 0 Å². The molecule has 1 fully saturated rings. The van der Waals surface area contributed by atoms with Crippen LogP contribution in [0, 0.1) is 5.92 Å². The fourth-order valence-corrected chi connectivity index (χ4v) is 3.34. The van der Waals surface area contributed by atoms with E-state index in [0.717, 1.165) is 50.6 Å². The molecule has 0 spiro atoms. The maximum atomic E-state index is 12.1. The lowest BCUT2D eigenvalue weighted by atomic mass is 10.1. The van der Waals surface area contributed by atoms with Crippen LogP contribution < -0.4 is 10.1 Å². The van der Waals surface area contributed by atoms with Crippen LogP contribution >= 0.6 is 0 Å². The molecule has 2 aliphatic heterocycles. The third kappa shape index (κ3) is 5.31. The zero-order valence-electron chi connectivity index (χ0n) is 15.2. The number of ether oxygens (including phenoxy) is 2. The van der Waals surface area contributed by atoms with Gasteiger partial charge in [-0.25, -0.2) is 0 Å². The van der Waals surface area contributed by atoms with Crippen molar-refractivity contribution in [2.45, 2.75) is 26.4 Å². The van der Waals surface area contributed by atoms with Crippen LogP contribution in [0.5, 0.6) is 5.75 Å².